The Morgan fingerprint density at radius 3 is 2.18 bits per heavy atom. The first kappa shape index (κ1) is 29.7. The van der Waals surface area contributed by atoms with Crippen LogP contribution in [0.5, 0.6) is 0 Å². The molecule has 0 bridgehead atoms. The van der Waals surface area contributed by atoms with Crippen molar-refractivity contribution in [2.45, 2.75) is 83.7 Å². The fraction of sp³-hybridized carbons (Fsp3) is 0.467. The number of hydrogen-bond donors (Lipinski definition) is 2. The van der Waals surface area contributed by atoms with Crippen LogP contribution in [0.2, 0.25) is 0 Å². The standard InChI is InChI=1S/C30H39N3O6/c1-6-30(5,32-28(37)39-29(2,3)4)27(36)31-24(22-16-11-8-12-17-22)25(34)33-19-13-18-23(33)26(35)38-20-21-14-9-7-10-15-21/h7-12,14-17,23-24H,6,13,18-20H2,1-5H3,(H,31,36)(H,32,37)/t23-,24+,30+/m1/s1. The van der Waals surface area contributed by atoms with E-state index in [4.69, 9.17) is 9.47 Å². The van der Waals surface area contributed by atoms with Gasteiger partial charge in [0, 0.05) is 6.54 Å². The molecule has 9 nitrogen and oxygen atoms in total. The van der Waals surface area contributed by atoms with Crippen molar-refractivity contribution in [1.29, 1.82) is 0 Å². The van der Waals surface area contributed by atoms with Gasteiger partial charge in [0.05, 0.1) is 0 Å². The Morgan fingerprint density at radius 2 is 1.59 bits per heavy atom. The molecule has 2 aromatic carbocycles. The molecule has 0 aromatic heterocycles. The zero-order valence-corrected chi connectivity index (χ0v) is 23.4. The lowest BCUT2D eigenvalue weighted by Crippen LogP contribution is -2.59. The quantitative estimate of drug-likeness (QED) is 0.462. The van der Waals surface area contributed by atoms with Crippen LogP contribution in [-0.2, 0) is 30.5 Å². The average Bonchev–Trinajstić information content (AvgIpc) is 3.40. The van der Waals surface area contributed by atoms with Crippen molar-refractivity contribution < 1.29 is 28.7 Å². The summed E-state index contributed by atoms with van der Waals surface area (Å²) >= 11 is 0. The van der Waals surface area contributed by atoms with E-state index in [1.807, 2.05) is 36.4 Å². The largest absolute Gasteiger partial charge is 0.459 e. The summed E-state index contributed by atoms with van der Waals surface area (Å²) < 4.78 is 10.9. The number of benzene rings is 2. The molecule has 1 aliphatic heterocycles. The van der Waals surface area contributed by atoms with Crippen molar-refractivity contribution in [3.8, 4) is 0 Å². The van der Waals surface area contributed by atoms with Gasteiger partial charge in [0.15, 0.2) is 0 Å². The first-order chi connectivity index (χ1) is 18.4. The molecule has 0 radical (unpaired) electrons. The molecule has 0 unspecified atom stereocenters. The van der Waals surface area contributed by atoms with Crippen LogP contribution in [0, 0.1) is 0 Å². The Morgan fingerprint density at radius 1 is 0.974 bits per heavy atom. The Labute approximate surface area is 230 Å². The summed E-state index contributed by atoms with van der Waals surface area (Å²) in [6.07, 6.45) is 0.637. The molecule has 0 spiro atoms. The third kappa shape index (κ3) is 8.05. The predicted octanol–water partition coefficient (Wildman–Crippen LogP) is 4.27. The van der Waals surface area contributed by atoms with Crippen molar-refractivity contribution in [3.05, 3.63) is 71.8 Å². The third-order valence-corrected chi connectivity index (χ3v) is 6.67. The molecule has 1 fully saturated rings. The first-order valence-electron chi connectivity index (χ1n) is 13.3. The van der Waals surface area contributed by atoms with E-state index in [9.17, 15) is 19.2 Å². The van der Waals surface area contributed by atoms with Crippen LogP contribution < -0.4 is 10.6 Å². The Balaban J connectivity index is 1.78. The van der Waals surface area contributed by atoms with Gasteiger partial charge >= 0.3 is 12.1 Å². The second-order valence-corrected chi connectivity index (χ2v) is 10.9. The highest BCUT2D eigenvalue weighted by Gasteiger charge is 2.42. The van der Waals surface area contributed by atoms with Crippen LogP contribution in [0.1, 0.15) is 71.0 Å². The third-order valence-electron chi connectivity index (χ3n) is 6.67. The van der Waals surface area contributed by atoms with E-state index in [1.54, 1.807) is 58.9 Å². The number of rotatable bonds is 9. The molecule has 1 saturated heterocycles. The molecule has 3 atom stereocenters. The second-order valence-electron chi connectivity index (χ2n) is 10.9. The number of esters is 1. The van der Waals surface area contributed by atoms with Crippen LogP contribution in [-0.4, -0.2) is 52.5 Å². The number of nitrogens with one attached hydrogen (secondary N) is 2. The lowest BCUT2D eigenvalue weighted by Gasteiger charge is -2.33. The second kappa shape index (κ2) is 12.8. The van der Waals surface area contributed by atoms with Crippen LogP contribution in [0.3, 0.4) is 0 Å². The predicted molar refractivity (Wildman–Crippen MR) is 146 cm³/mol. The van der Waals surface area contributed by atoms with Crippen molar-refractivity contribution in [2.24, 2.45) is 0 Å². The molecule has 2 aromatic rings. The van der Waals surface area contributed by atoms with Crippen molar-refractivity contribution in [2.75, 3.05) is 6.54 Å². The molecule has 2 N–H and O–H groups in total. The van der Waals surface area contributed by atoms with Gasteiger partial charge in [-0.1, -0.05) is 67.6 Å². The number of alkyl carbamates (subject to hydrolysis) is 1. The molecule has 1 heterocycles. The maximum atomic E-state index is 13.9. The van der Waals surface area contributed by atoms with Crippen molar-refractivity contribution >= 4 is 23.9 Å². The van der Waals surface area contributed by atoms with E-state index in [0.717, 1.165) is 5.56 Å². The number of carbonyl (C=O) groups is 4. The molecule has 0 saturated carbocycles. The van der Waals surface area contributed by atoms with E-state index >= 15 is 0 Å². The molecule has 0 aliphatic carbocycles. The SMILES string of the molecule is CC[C@](C)(NC(=O)OC(C)(C)C)C(=O)N[C@H](C(=O)N1CCC[C@@H]1C(=O)OCc1ccccc1)c1ccccc1. The average molecular weight is 538 g/mol. The van der Waals surface area contributed by atoms with Gasteiger partial charge < -0.3 is 25.0 Å². The number of nitrogens with zero attached hydrogens (tertiary/aromatic N) is 1. The Bertz CT molecular complexity index is 1150. The van der Waals surface area contributed by atoms with Gasteiger partial charge in [-0.05, 0) is 58.1 Å². The van der Waals surface area contributed by atoms with Gasteiger partial charge in [0.2, 0.25) is 5.91 Å². The topological polar surface area (TPSA) is 114 Å². The number of hydrogen-bond acceptors (Lipinski definition) is 6. The Kier molecular flexibility index (Phi) is 9.72. The molecule has 3 amide bonds. The molecule has 39 heavy (non-hydrogen) atoms. The molecule has 9 heteroatoms. The fourth-order valence-corrected chi connectivity index (χ4v) is 4.32. The van der Waals surface area contributed by atoms with E-state index in [1.165, 1.54) is 4.90 Å². The summed E-state index contributed by atoms with van der Waals surface area (Å²) in [7, 11) is 0. The van der Waals surface area contributed by atoms with Crippen molar-refractivity contribution in [1.82, 2.24) is 15.5 Å². The van der Waals surface area contributed by atoms with E-state index in [0.29, 0.717) is 24.9 Å². The van der Waals surface area contributed by atoms with E-state index in [2.05, 4.69) is 10.6 Å². The molecule has 3 rings (SSSR count). The zero-order valence-electron chi connectivity index (χ0n) is 23.4. The van der Waals surface area contributed by atoms with E-state index < -0.39 is 47.1 Å². The summed E-state index contributed by atoms with van der Waals surface area (Å²) in [4.78, 5) is 54.4. The van der Waals surface area contributed by atoms with Crippen LogP contribution in [0.4, 0.5) is 4.79 Å². The number of ether oxygens (including phenoxy) is 2. The highest BCUT2D eigenvalue weighted by Crippen LogP contribution is 2.26. The summed E-state index contributed by atoms with van der Waals surface area (Å²) in [5.41, 5.74) is -0.658. The molecule has 210 valence electrons. The van der Waals surface area contributed by atoms with Crippen LogP contribution in [0.25, 0.3) is 0 Å². The highest BCUT2D eigenvalue weighted by atomic mass is 16.6. The monoisotopic (exact) mass is 537 g/mol. The maximum absolute atomic E-state index is 13.9. The molecular formula is C30H39N3O6. The molecule has 1 aliphatic rings. The summed E-state index contributed by atoms with van der Waals surface area (Å²) in [6.45, 7) is 9.02. The minimum absolute atomic E-state index is 0.113. The molecular weight excluding hydrogens is 498 g/mol. The number of carbonyl (C=O) groups excluding carboxylic acids is 4. The summed E-state index contributed by atoms with van der Waals surface area (Å²) in [5, 5.41) is 5.49. The number of likely N-dealkylation sites (tertiary alicyclic amines) is 1. The van der Waals surface area contributed by atoms with Crippen LogP contribution >= 0.6 is 0 Å². The minimum Gasteiger partial charge on any atom is -0.459 e. The zero-order chi connectivity index (χ0) is 28.6. The lowest BCUT2D eigenvalue weighted by atomic mass is 9.96. The van der Waals surface area contributed by atoms with Crippen molar-refractivity contribution in [3.63, 3.8) is 0 Å². The van der Waals surface area contributed by atoms with Gasteiger partial charge in [0.1, 0.15) is 29.8 Å². The maximum Gasteiger partial charge on any atom is 0.408 e. The van der Waals surface area contributed by atoms with Gasteiger partial charge in [-0.2, -0.15) is 0 Å². The first-order valence-corrected chi connectivity index (χ1v) is 13.3. The fourth-order valence-electron chi connectivity index (χ4n) is 4.32. The van der Waals surface area contributed by atoms with Gasteiger partial charge in [-0.15, -0.1) is 0 Å². The smallest absolute Gasteiger partial charge is 0.408 e. The van der Waals surface area contributed by atoms with Gasteiger partial charge in [-0.3, -0.25) is 9.59 Å². The normalized spacial score (nSPS) is 17.5. The lowest BCUT2D eigenvalue weighted by molar-refractivity contribution is -0.155. The van der Waals surface area contributed by atoms with Gasteiger partial charge in [0.25, 0.3) is 5.91 Å². The highest BCUT2D eigenvalue weighted by molar-refractivity contribution is 5.95. The summed E-state index contributed by atoms with van der Waals surface area (Å²) in [5.74, 6) is -1.43. The summed E-state index contributed by atoms with van der Waals surface area (Å²) in [6, 6.07) is 16.4. The minimum atomic E-state index is -1.34. The Hall–Kier alpha value is -3.88. The van der Waals surface area contributed by atoms with Crippen LogP contribution in [0.15, 0.2) is 60.7 Å². The van der Waals surface area contributed by atoms with Gasteiger partial charge in [-0.25, -0.2) is 9.59 Å². The van der Waals surface area contributed by atoms with E-state index in [-0.39, 0.29) is 13.0 Å². The number of amides is 3.